The molecule has 2 rings (SSSR count). The lowest BCUT2D eigenvalue weighted by Crippen LogP contribution is -2.21. The van der Waals surface area contributed by atoms with Crippen LogP contribution in [0.5, 0.6) is 11.5 Å². The first-order valence-electron chi connectivity index (χ1n) is 7.00. The molecule has 0 aliphatic heterocycles. The van der Waals surface area contributed by atoms with E-state index >= 15 is 0 Å². The number of aromatic nitrogens is 3. The van der Waals surface area contributed by atoms with Crippen LogP contribution >= 0.6 is 11.6 Å². The van der Waals surface area contributed by atoms with Gasteiger partial charge >= 0.3 is 0 Å². The molecule has 8 heteroatoms. The van der Waals surface area contributed by atoms with Crippen molar-refractivity contribution in [3.63, 3.8) is 0 Å². The van der Waals surface area contributed by atoms with Gasteiger partial charge in [0.05, 0.1) is 26.3 Å². The fourth-order valence-corrected chi connectivity index (χ4v) is 2.36. The van der Waals surface area contributed by atoms with Crippen LogP contribution in [0.15, 0.2) is 12.1 Å². The first kappa shape index (κ1) is 17.1. The van der Waals surface area contributed by atoms with E-state index in [1.165, 1.54) is 0 Å². The Bertz CT molecular complexity index is 671. The van der Waals surface area contributed by atoms with Crippen molar-refractivity contribution in [1.82, 2.24) is 15.0 Å². The molecule has 0 saturated carbocycles. The average molecular weight is 338 g/mol. The number of hydrogen-bond acceptors (Lipinski definition) is 7. The van der Waals surface area contributed by atoms with Crippen LogP contribution in [-0.4, -0.2) is 43.3 Å². The molecule has 0 spiro atoms. The largest absolute Gasteiger partial charge is 0.496 e. The van der Waals surface area contributed by atoms with Gasteiger partial charge < -0.3 is 19.7 Å². The molecule has 1 N–H and O–H groups in total. The summed E-state index contributed by atoms with van der Waals surface area (Å²) in [6.45, 7) is 2.49. The summed E-state index contributed by atoms with van der Waals surface area (Å²) in [5.74, 6) is 2.37. The highest BCUT2D eigenvalue weighted by molar-refractivity contribution is 6.28. The molecule has 0 aliphatic rings. The molecule has 0 amide bonds. The van der Waals surface area contributed by atoms with Crippen molar-refractivity contribution in [2.24, 2.45) is 0 Å². The summed E-state index contributed by atoms with van der Waals surface area (Å²) in [5, 5.41) is 2.99. The number of nitrogens with zero attached hydrogens (tertiary/aromatic N) is 4. The monoisotopic (exact) mass is 337 g/mol. The first-order valence-corrected chi connectivity index (χ1v) is 7.38. The topological polar surface area (TPSA) is 72.4 Å². The minimum atomic E-state index is 0.133. The van der Waals surface area contributed by atoms with Crippen LogP contribution in [0, 0.1) is 6.92 Å². The van der Waals surface area contributed by atoms with Crippen LogP contribution in [0.1, 0.15) is 11.1 Å². The summed E-state index contributed by atoms with van der Waals surface area (Å²) in [6, 6.07) is 3.93. The number of rotatable bonds is 6. The van der Waals surface area contributed by atoms with Crippen LogP contribution in [0.2, 0.25) is 5.28 Å². The van der Waals surface area contributed by atoms with Gasteiger partial charge in [0, 0.05) is 14.1 Å². The van der Waals surface area contributed by atoms with E-state index in [1.807, 2.05) is 31.0 Å². The molecule has 1 aromatic heterocycles. The quantitative estimate of drug-likeness (QED) is 0.868. The van der Waals surface area contributed by atoms with Gasteiger partial charge in [-0.2, -0.15) is 15.0 Å². The zero-order valence-corrected chi connectivity index (χ0v) is 14.6. The molecule has 124 valence electrons. The maximum Gasteiger partial charge on any atom is 0.231 e. The Morgan fingerprint density at radius 1 is 1.13 bits per heavy atom. The lowest BCUT2D eigenvalue weighted by Gasteiger charge is -2.21. The van der Waals surface area contributed by atoms with Crippen molar-refractivity contribution in [2.45, 2.75) is 13.5 Å². The Balaban J connectivity index is 2.36. The predicted molar refractivity (Wildman–Crippen MR) is 90.8 cm³/mol. The summed E-state index contributed by atoms with van der Waals surface area (Å²) in [6.07, 6.45) is 0. The molecule has 2 aromatic rings. The van der Waals surface area contributed by atoms with E-state index in [0.717, 1.165) is 22.6 Å². The Hall–Kier alpha value is -2.28. The number of ether oxygens (including phenoxy) is 2. The molecule has 0 fully saturated rings. The zero-order chi connectivity index (χ0) is 17.0. The van der Waals surface area contributed by atoms with Crippen molar-refractivity contribution in [1.29, 1.82) is 0 Å². The van der Waals surface area contributed by atoms with E-state index in [9.17, 15) is 0 Å². The van der Waals surface area contributed by atoms with Crippen molar-refractivity contribution in [2.75, 3.05) is 38.5 Å². The smallest absolute Gasteiger partial charge is 0.231 e. The number of benzene rings is 1. The first-order chi connectivity index (χ1) is 11.0. The molecule has 0 unspecified atom stereocenters. The molecule has 1 aromatic carbocycles. The number of nitrogens with one attached hydrogen (secondary N) is 1. The molecule has 23 heavy (non-hydrogen) atoms. The van der Waals surface area contributed by atoms with Crippen molar-refractivity contribution >= 4 is 23.5 Å². The van der Waals surface area contributed by atoms with Gasteiger partial charge in [0.25, 0.3) is 0 Å². The van der Waals surface area contributed by atoms with Gasteiger partial charge in [0.15, 0.2) is 0 Å². The lowest BCUT2D eigenvalue weighted by molar-refractivity contribution is 0.384. The Labute approximate surface area is 140 Å². The maximum atomic E-state index is 5.94. The van der Waals surface area contributed by atoms with E-state index in [0.29, 0.717) is 18.4 Å². The standard InChI is InChI=1S/C15H20ClN5O2/c1-9-6-11(22-4)10(12(7-9)23-5)8-21(3)15-19-13(16)18-14(17-2)20-15/h6-7H,8H2,1-5H3,(H,17,18,19,20). The third kappa shape index (κ3) is 3.92. The van der Waals surface area contributed by atoms with E-state index < -0.39 is 0 Å². The van der Waals surface area contributed by atoms with Gasteiger partial charge in [0.2, 0.25) is 17.2 Å². The van der Waals surface area contributed by atoms with E-state index in [1.54, 1.807) is 21.3 Å². The number of methoxy groups -OCH3 is 2. The van der Waals surface area contributed by atoms with Crippen LogP contribution in [-0.2, 0) is 6.54 Å². The Morgan fingerprint density at radius 2 is 1.74 bits per heavy atom. The number of hydrogen-bond donors (Lipinski definition) is 1. The lowest BCUT2D eigenvalue weighted by atomic mass is 10.1. The molecule has 1 heterocycles. The molecular weight excluding hydrogens is 318 g/mol. The van der Waals surface area contributed by atoms with Crippen LogP contribution < -0.4 is 19.7 Å². The van der Waals surface area contributed by atoms with Crippen molar-refractivity contribution in [3.05, 3.63) is 28.5 Å². The summed E-state index contributed by atoms with van der Waals surface area (Å²) in [4.78, 5) is 14.3. The van der Waals surface area contributed by atoms with Gasteiger partial charge in [-0.3, -0.25) is 0 Å². The second-order valence-corrected chi connectivity index (χ2v) is 5.32. The fraction of sp³-hybridized carbons (Fsp3) is 0.400. The van der Waals surface area contributed by atoms with Gasteiger partial charge in [-0.1, -0.05) is 0 Å². The number of aryl methyl sites for hydroxylation is 1. The molecular formula is C15H20ClN5O2. The van der Waals surface area contributed by atoms with E-state index in [4.69, 9.17) is 21.1 Å². The predicted octanol–water partition coefficient (Wildman–Crippen LogP) is 2.53. The Morgan fingerprint density at radius 3 is 2.26 bits per heavy atom. The third-order valence-electron chi connectivity index (χ3n) is 3.31. The molecule has 7 nitrogen and oxygen atoms in total. The molecule has 0 saturated heterocycles. The van der Waals surface area contributed by atoms with Crippen LogP contribution in [0.3, 0.4) is 0 Å². The zero-order valence-electron chi connectivity index (χ0n) is 13.8. The normalized spacial score (nSPS) is 10.3. The van der Waals surface area contributed by atoms with Gasteiger partial charge in [-0.05, 0) is 36.2 Å². The summed E-state index contributed by atoms with van der Waals surface area (Å²) in [5.41, 5.74) is 1.97. The summed E-state index contributed by atoms with van der Waals surface area (Å²) < 4.78 is 11.0. The minimum Gasteiger partial charge on any atom is -0.496 e. The highest BCUT2D eigenvalue weighted by atomic mass is 35.5. The second kappa shape index (κ2) is 7.32. The van der Waals surface area contributed by atoms with Gasteiger partial charge in [-0.25, -0.2) is 0 Å². The van der Waals surface area contributed by atoms with Crippen molar-refractivity contribution < 1.29 is 9.47 Å². The van der Waals surface area contributed by atoms with E-state index in [-0.39, 0.29) is 5.28 Å². The third-order valence-corrected chi connectivity index (χ3v) is 3.48. The fourth-order valence-electron chi connectivity index (χ4n) is 2.20. The highest BCUT2D eigenvalue weighted by Crippen LogP contribution is 2.32. The highest BCUT2D eigenvalue weighted by Gasteiger charge is 2.16. The SMILES string of the molecule is CNc1nc(Cl)nc(N(C)Cc2c(OC)cc(C)cc2OC)n1. The summed E-state index contributed by atoms with van der Waals surface area (Å²) >= 11 is 5.94. The summed E-state index contributed by atoms with van der Waals surface area (Å²) in [7, 11) is 6.86. The van der Waals surface area contributed by atoms with Gasteiger partial charge in [-0.15, -0.1) is 0 Å². The number of anilines is 2. The number of halogens is 1. The second-order valence-electron chi connectivity index (χ2n) is 4.98. The van der Waals surface area contributed by atoms with Gasteiger partial charge in [0.1, 0.15) is 11.5 Å². The van der Waals surface area contributed by atoms with Crippen LogP contribution in [0.4, 0.5) is 11.9 Å². The molecule has 0 aliphatic carbocycles. The maximum absolute atomic E-state index is 5.94. The van der Waals surface area contributed by atoms with Crippen molar-refractivity contribution in [3.8, 4) is 11.5 Å². The Kier molecular flexibility index (Phi) is 5.44. The minimum absolute atomic E-state index is 0.133. The van der Waals surface area contributed by atoms with E-state index in [2.05, 4.69) is 20.3 Å². The van der Waals surface area contributed by atoms with Crippen LogP contribution in [0.25, 0.3) is 0 Å². The molecule has 0 radical (unpaired) electrons. The molecule has 0 atom stereocenters. The molecule has 0 bridgehead atoms. The average Bonchev–Trinajstić information content (AvgIpc) is 2.54.